The largest absolute Gasteiger partial charge is 0.497 e. The molecule has 2 aromatic carbocycles. The topological polar surface area (TPSA) is 92.6 Å². The van der Waals surface area contributed by atoms with E-state index in [2.05, 4.69) is 10.6 Å². The normalized spacial score (nSPS) is 10.5. The summed E-state index contributed by atoms with van der Waals surface area (Å²) in [7, 11) is 4.63. The predicted molar refractivity (Wildman–Crippen MR) is 102 cm³/mol. The standard InChI is InChI=1S/C20H21N3O4/c1-25-17-6-4-5-14(9-17)12-22-13-15(11-21)20(24)23-16-7-8-18(26-2)19(10-16)27-3/h4-10,13,22H,12H2,1-3H3,(H,23,24)/b15-13-. The van der Waals surface area contributed by atoms with Crippen molar-refractivity contribution in [2.75, 3.05) is 26.6 Å². The lowest BCUT2D eigenvalue weighted by Gasteiger charge is -2.10. The van der Waals surface area contributed by atoms with Crippen LogP contribution in [0.3, 0.4) is 0 Å². The Balaban J connectivity index is 2.02. The molecule has 7 heteroatoms. The molecule has 0 aliphatic rings. The Hall–Kier alpha value is -3.66. The van der Waals surface area contributed by atoms with Crippen molar-refractivity contribution < 1.29 is 19.0 Å². The number of nitrogens with zero attached hydrogens (tertiary/aromatic N) is 1. The first-order valence-corrected chi connectivity index (χ1v) is 8.11. The maximum Gasteiger partial charge on any atom is 0.267 e. The summed E-state index contributed by atoms with van der Waals surface area (Å²) in [5.41, 5.74) is 1.41. The van der Waals surface area contributed by atoms with Crippen LogP contribution in [0, 0.1) is 11.3 Å². The molecule has 140 valence electrons. The van der Waals surface area contributed by atoms with Crippen LogP contribution in [-0.2, 0) is 11.3 Å². The van der Waals surface area contributed by atoms with Gasteiger partial charge in [-0.15, -0.1) is 0 Å². The molecule has 0 aliphatic heterocycles. The summed E-state index contributed by atoms with van der Waals surface area (Å²) in [6.45, 7) is 0.450. The number of benzene rings is 2. The lowest BCUT2D eigenvalue weighted by Crippen LogP contribution is -2.16. The average molecular weight is 367 g/mol. The highest BCUT2D eigenvalue weighted by Gasteiger charge is 2.11. The van der Waals surface area contributed by atoms with Crippen molar-refractivity contribution in [3.8, 4) is 23.3 Å². The number of methoxy groups -OCH3 is 3. The molecule has 0 radical (unpaired) electrons. The molecule has 0 unspecified atom stereocenters. The van der Waals surface area contributed by atoms with Crippen LogP contribution in [0.5, 0.6) is 17.2 Å². The zero-order valence-corrected chi connectivity index (χ0v) is 15.4. The van der Waals surface area contributed by atoms with Crippen LogP contribution in [0.2, 0.25) is 0 Å². The summed E-state index contributed by atoms with van der Waals surface area (Å²) in [6, 6.07) is 14.3. The molecule has 1 amide bonds. The summed E-state index contributed by atoms with van der Waals surface area (Å²) in [5.74, 6) is 1.24. The van der Waals surface area contributed by atoms with Crippen molar-refractivity contribution >= 4 is 11.6 Å². The van der Waals surface area contributed by atoms with Gasteiger partial charge in [-0.2, -0.15) is 5.26 Å². The van der Waals surface area contributed by atoms with E-state index in [0.717, 1.165) is 11.3 Å². The van der Waals surface area contributed by atoms with Gasteiger partial charge in [0.2, 0.25) is 0 Å². The Bertz CT molecular complexity index is 872. The van der Waals surface area contributed by atoms with E-state index in [-0.39, 0.29) is 5.57 Å². The van der Waals surface area contributed by atoms with Crippen molar-refractivity contribution in [1.29, 1.82) is 5.26 Å². The SMILES string of the molecule is COc1cccc(CN/C=C(/C#N)C(=O)Nc2ccc(OC)c(OC)c2)c1. The molecule has 2 N–H and O–H groups in total. The van der Waals surface area contributed by atoms with Crippen LogP contribution >= 0.6 is 0 Å². The molecule has 0 spiro atoms. The molecule has 0 fully saturated rings. The van der Waals surface area contributed by atoms with Crippen LogP contribution in [-0.4, -0.2) is 27.2 Å². The van der Waals surface area contributed by atoms with Gasteiger partial charge in [0, 0.05) is 24.5 Å². The maximum atomic E-state index is 12.3. The zero-order chi connectivity index (χ0) is 19.6. The predicted octanol–water partition coefficient (Wildman–Crippen LogP) is 2.85. The summed E-state index contributed by atoms with van der Waals surface area (Å²) >= 11 is 0. The van der Waals surface area contributed by atoms with E-state index in [9.17, 15) is 10.1 Å². The molecule has 0 aromatic heterocycles. The molecule has 0 aliphatic carbocycles. The molecule has 0 atom stereocenters. The number of anilines is 1. The van der Waals surface area contributed by atoms with E-state index < -0.39 is 5.91 Å². The van der Waals surface area contributed by atoms with E-state index in [0.29, 0.717) is 23.7 Å². The Labute approximate surface area is 158 Å². The molecular formula is C20H21N3O4. The first-order valence-electron chi connectivity index (χ1n) is 8.11. The van der Waals surface area contributed by atoms with Crippen molar-refractivity contribution in [2.45, 2.75) is 6.54 Å². The number of amides is 1. The van der Waals surface area contributed by atoms with Crippen LogP contribution in [0.15, 0.2) is 54.2 Å². The fourth-order valence-electron chi connectivity index (χ4n) is 2.31. The molecule has 0 saturated carbocycles. The third kappa shape index (κ3) is 5.41. The van der Waals surface area contributed by atoms with E-state index in [1.54, 1.807) is 25.3 Å². The summed E-state index contributed by atoms with van der Waals surface area (Å²) in [4.78, 5) is 12.3. The minimum Gasteiger partial charge on any atom is -0.497 e. The Morgan fingerprint density at radius 2 is 1.85 bits per heavy atom. The second-order valence-corrected chi connectivity index (χ2v) is 5.43. The van der Waals surface area contributed by atoms with Crippen molar-refractivity contribution in [3.05, 3.63) is 59.8 Å². The molecule has 27 heavy (non-hydrogen) atoms. The van der Waals surface area contributed by atoms with Crippen LogP contribution < -0.4 is 24.8 Å². The van der Waals surface area contributed by atoms with E-state index >= 15 is 0 Å². The van der Waals surface area contributed by atoms with Crippen molar-refractivity contribution in [2.24, 2.45) is 0 Å². The molecule has 2 rings (SSSR count). The highest BCUT2D eigenvalue weighted by Crippen LogP contribution is 2.29. The minimum absolute atomic E-state index is 0.0484. The van der Waals surface area contributed by atoms with Gasteiger partial charge in [-0.3, -0.25) is 4.79 Å². The zero-order valence-electron chi connectivity index (χ0n) is 15.4. The van der Waals surface area contributed by atoms with E-state index in [4.69, 9.17) is 14.2 Å². The average Bonchev–Trinajstić information content (AvgIpc) is 2.71. The van der Waals surface area contributed by atoms with Crippen LogP contribution in [0.4, 0.5) is 5.69 Å². The first kappa shape index (κ1) is 19.7. The molecule has 7 nitrogen and oxygen atoms in total. The van der Waals surface area contributed by atoms with Gasteiger partial charge in [-0.05, 0) is 29.8 Å². The minimum atomic E-state index is -0.525. The van der Waals surface area contributed by atoms with Crippen molar-refractivity contribution in [3.63, 3.8) is 0 Å². The smallest absolute Gasteiger partial charge is 0.267 e. The summed E-state index contributed by atoms with van der Waals surface area (Å²) < 4.78 is 15.5. The highest BCUT2D eigenvalue weighted by atomic mass is 16.5. The van der Waals surface area contributed by atoms with E-state index in [1.807, 2.05) is 30.3 Å². The number of nitrogens with one attached hydrogen (secondary N) is 2. The molecular weight excluding hydrogens is 346 g/mol. The van der Waals surface area contributed by atoms with Gasteiger partial charge in [0.05, 0.1) is 21.3 Å². The summed E-state index contributed by atoms with van der Waals surface area (Å²) in [5, 5.41) is 14.9. The third-order valence-corrected chi connectivity index (χ3v) is 3.69. The highest BCUT2D eigenvalue weighted by molar-refractivity contribution is 6.06. The monoisotopic (exact) mass is 367 g/mol. The second-order valence-electron chi connectivity index (χ2n) is 5.43. The van der Waals surface area contributed by atoms with Gasteiger partial charge >= 0.3 is 0 Å². The first-order chi connectivity index (χ1) is 13.1. The van der Waals surface area contributed by atoms with Gasteiger partial charge in [0.25, 0.3) is 5.91 Å². The number of rotatable bonds is 8. The lowest BCUT2D eigenvalue weighted by atomic mass is 10.2. The maximum absolute atomic E-state index is 12.3. The molecule has 0 saturated heterocycles. The number of hydrogen-bond donors (Lipinski definition) is 2. The Morgan fingerprint density at radius 1 is 1.07 bits per heavy atom. The van der Waals surface area contributed by atoms with E-state index in [1.165, 1.54) is 20.4 Å². The quantitative estimate of drug-likeness (QED) is 0.551. The number of ether oxygens (including phenoxy) is 3. The third-order valence-electron chi connectivity index (χ3n) is 3.69. The van der Waals surface area contributed by atoms with Gasteiger partial charge in [-0.1, -0.05) is 12.1 Å². The Morgan fingerprint density at radius 3 is 2.52 bits per heavy atom. The number of hydrogen-bond acceptors (Lipinski definition) is 6. The lowest BCUT2D eigenvalue weighted by molar-refractivity contribution is -0.112. The van der Waals surface area contributed by atoms with Gasteiger partial charge in [0.15, 0.2) is 11.5 Å². The summed E-state index contributed by atoms with van der Waals surface area (Å²) in [6.07, 6.45) is 1.38. The van der Waals surface area contributed by atoms with Crippen molar-refractivity contribution in [1.82, 2.24) is 5.32 Å². The second kappa shape index (κ2) is 9.73. The van der Waals surface area contributed by atoms with Crippen LogP contribution in [0.1, 0.15) is 5.56 Å². The van der Waals surface area contributed by atoms with Gasteiger partial charge in [-0.25, -0.2) is 0 Å². The fraction of sp³-hybridized carbons (Fsp3) is 0.200. The van der Waals surface area contributed by atoms with Gasteiger partial charge < -0.3 is 24.8 Å². The number of carbonyl (C=O) groups excluding carboxylic acids is 1. The van der Waals surface area contributed by atoms with Gasteiger partial charge in [0.1, 0.15) is 17.4 Å². The Kier molecular flexibility index (Phi) is 7.08. The number of carbonyl (C=O) groups is 1. The molecule has 0 heterocycles. The fourth-order valence-corrected chi connectivity index (χ4v) is 2.31. The molecule has 2 aromatic rings. The van der Waals surface area contributed by atoms with Crippen LogP contribution in [0.25, 0.3) is 0 Å². The molecule has 0 bridgehead atoms. The number of nitriles is 1.